The van der Waals surface area contributed by atoms with Crippen LogP contribution in [-0.4, -0.2) is 12.5 Å². The smallest absolute Gasteiger partial charge is 0.220 e. The maximum absolute atomic E-state index is 11.8. The van der Waals surface area contributed by atoms with Crippen molar-refractivity contribution in [1.29, 1.82) is 0 Å². The van der Waals surface area contributed by atoms with Crippen molar-refractivity contribution in [2.75, 3.05) is 6.54 Å². The van der Waals surface area contributed by atoms with E-state index in [4.69, 9.17) is 11.6 Å². The summed E-state index contributed by atoms with van der Waals surface area (Å²) < 4.78 is 0. The summed E-state index contributed by atoms with van der Waals surface area (Å²) in [6, 6.07) is 7.47. The lowest BCUT2D eigenvalue weighted by atomic mass is 9.86. The zero-order valence-electron chi connectivity index (χ0n) is 12.3. The molecule has 0 unspecified atom stereocenters. The van der Waals surface area contributed by atoms with Gasteiger partial charge >= 0.3 is 0 Å². The molecule has 0 aliphatic heterocycles. The third-order valence-corrected chi connectivity index (χ3v) is 4.30. The molecule has 1 saturated carbocycles. The number of carbonyl (C=O) groups is 1. The van der Waals surface area contributed by atoms with Crippen molar-refractivity contribution >= 4 is 17.5 Å². The molecule has 0 aromatic heterocycles. The molecule has 1 aliphatic carbocycles. The van der Waals surface area contributed by atoms with Gasteiger partial charge in [0.2, 0.25) is 5.91 Å². The minimum atomic E-state index is 0.106. The first-order chi connectivity index (χ1) is 10.3. The largest absolute Gasteiger partial charge is 0.345 e. The Balaban J connectivity index is 1.66. The minimum Gasteiger partial charge on any atom is -0.345 e. The summed E-state index contributed by atoms with van der Waals surface area (Å²) in [5.74, 6) is 6.78. The Hall–Kier alpha value is -1.46. The van der Waals surface area contributed by atoms with Gasteiger partial charge in [-0.1, -0.05) is 67.7 Å². The van der Waals surface area contributed by atoms with Gasteiger partial charge < -0.3 is 5.32 Å². The van der Waals surface area contributed by atoms with Crippen molar-refractivity contribution in [3.63, 3.8) is 0 Å². The fourth-order valence-electron chi connectivity index (χ4n) is 2.74. The quantitative estimate of drug-likeness (QED) is 0.831. The first-order valence-electron chi connectivity index (χ1n) is 7.76. The van der Waals surface area contributed by atoms with Gasteiger partial charge in [-0.15, -0.1) is 0 Å². The van der Waals surface area contributed by atoms with E-state index in [2.05, 4.69) is 17.2 Å². The van der Waals surface area contributed by atoms with Crippen LogP contribution in [0.1, 0.15) is 50.5 Å². The summed E-state index contributed by atoms with van der Waals surface area (Å²) >= 11 is 6.01. The number of nitrogens with one attached hydrogen (secondary N) is 1. The zero-order valence-corrected chi connectivity index (χ0v) is 13.1. The minimum absolute atomic E-state index is 0.106. The highest BCUT2D eigenvalue weighted by atomic mass is 35.5. The molecular formula is C18H22ClNO. The fourth-order valence-corrected chi connectivity index (χ4v) is 2.93. The van der Waals surface area contributed by atoms with Gasteiger partial charge in [-0.3, -0.25) is 4.79 Å². The molecule has 1 aromatic carbocycles. The van der Waals surface area contributed by atoms with Crippen LogP contribution in [0, 0.1) is 17.8 Å². The normalized spacial score (nSPS) is 15.1. The van der Waals surface area contributed by atoms with E-state index in [-0.39, 0.29) is 5.91 Å². The second-order valence-electron chi connectivity index (χ2n) is 5.60. The average molecular weight is 304 g/mol. The van der Waals surface area contributed by atoms with Crippen LogP contribution in [0.5, 0.6) is 0 Å². The Kier molecular flexibility index (Phi) is 6.63. The Labute approximate surface area is 132 Å². The second kappa shape index (κ2) is 8.74. The predicted molar refractivity (Wildman–Crippen MR) is 87.1 cm³/mol. The molecule has 1 aromatic rings. The van der Waals surface area contributed by atoms with Gasteiger partial charge in [0, 0.05) is 12.0 Å². The standard InChI is InChI=1S/C18H22ClNO/c19-17-11-5-4-9-16(17)10-6-14-20-18(21)13-12-15-7-2-1-3-8-15/h4-5,9,11,15H,1-3,7-8,12-14H2,(H,20,21). The molecule has 0 heterocycles. The molecule has 2 rings (SSSR count). The van der Waals surface area contributed by atoms with E-state index in [0.29, 0.717) is 18.0 Å². The van der Waals surface area contributed by atoms with Crippen molar-refractivity contribution in [3.05, 3.63) is 34.9 Å². The van der Waals surface area contributed by atoms with Crippen LogP contribution in [0.2, 0.25) is 5.02 Å². The molecule has 0 saturated heterocycles. The summed E-state index contributed by atoms with van der Waals surface area (Å²) in [6.07, 6.45) is 8.24. The maximum Gasteiger partial charge on any atom is 0.220 e. The van der Waals surface area contributed by atoms with Gasteiger partial charge in [-0.25, -0.2) is 0 Å². The second-order valence-corrected chi connectivity index (χ2v) is 6.01. The molecular weight excluding hydrogens is 282 g/mol. The highest BCUT2D eigenvalue weighted by Gasteiger charge is 2.14. The van der Waals surface area contributed by atoms with E-state index in [1.165, 1.54) is 32.1 Å². The van der Waals surface area contributed by atoms with Gasteiger partial charge in [-0.05, 0) is 24.5 Å². The fraction of sp³-hybridized carbons (Fsp3) is 0.500. The van der Waals surface area contributed by atoms with Gasteiger partial charge in [0.05, 0.1) is 11.6 Å². The van der Waals surface area contributed by atoms with E-state index in [9.17, 15) is 4.79 Å². The summed E-state index contributed by atoms with van der Waals surface area (Å²) in [6.45, 7) is 0.384. The number of carbonyl (C=O) groups excluding carboxylic acids is 1. The van der Waals surface area contributed by atoms with Crippen molar-refractivity contribution in [1.82, 2.24) is 5.32 Å². The molecule has 2 nitrogen and oxygen atoms in total. The van der Waals surface area contributed by atoms with E-state index >= 15 is 0 Å². The number of halogens is 1. The molecule has 0 atom stereocenters. The monoisotopic (exact) mass is 303 g/mol. The molecule has 0 spiro atoms. The summed E-state index contributed by atoms with van der Waals surface area (Å²) in [4.78, 5) is 11.8. The topological polar surface area (TPSA) is 29.1 Å². The third-order valence-electron chi connectivity index (χ3n) is 3.98. The van der Waals surface area contributed by atoms with Crippen LogP contribution in [0.4, 0.5) is 0 Å². The van der Waals surface area contributed by atoms with Crippen molar-refractivity contribution in [2.45, 2.75) is 44.9 Å². The lowest BCUT2D eigenvalue weighted by Gasteiger charge is -2.20. The van der Waals surface area contributed by atoms with Crippen LogP contribution in [0.3, 0.4) is 0 Å². The maximum atomic E-state index is 11.8. The van der Waals surface area contributed by atoms with Gasteiger partial charge in [0.15, 0.2) is 0 Å². The number of rotatable bonds is 4. The number of amides is 1. The van der Waals surface area contributed by atoms with Crippen LogP contribution in [0.15, 0.2) is 24.3 Å². The Morgan fingerprint density at radius 1 is 1.24 bits per heavy atom. The summed E-state index contributed by atoms with van der Waals surface area (Å²) in [7, 11) is 0. The number of hydrogen-bond donors (Lipinski definition) is 1. The van der Waals surface area contributed by atoms with E-state index in [0.717, 1.165) is 17.9 Å². The van der Waals surface area contributed by atoms with E-state index in [1.807, 2.05) is 24.3 Å². The molecule has 3 heteroatoms. The lowest BCUT2D eigenvalue weighted by Crippen LogP contribution is -2.24. The number of hydrogen-bond acceptors (Lipinski definition) is 1. The molecule has 0 radical (unpaired) electrons. The Bertz CT molecular complexity index is 524. The first kappa shape index (κ1) is 15.9. The van der Waals surface area contributed by atoms with Crippen LogP contribution >= 0.6 is 11.6 Å². The first-order valence-corrected chi connectivity index (χ1v) is 8.13. The predicted octanol–water partition coefficient (Wildman–Crippen LogP) is 4.17. The van der Waals surface area contributed by atoms with E-state index < -0.39 is 0 Å². The van der Waals surface area contributed by atoms with Gasteiger partial charge in [0.25, 0.3) is 0 Å². The molecule has 1 amide bonds. The summed E-state index contributed by atoms with van der Waals surface area (Å²) in [5, 5.41) is 3.50. The van der Waals surface area contributed by atoms with Gasteiger partial charge in [0.1, 0.15) is 0 Å². The van der Waals surface area contributed by atoms with Gasteiger partial charge in [-0.2, -0.15) is 0 Å². The molecule has 1 aliphatic rings. The molecule has 21 heavy (non-hydrogen) atoms. The van der Waals surface area contributed by atoms with Crippen LogP contribution in [0.25, 0.3) is 0 Å². The molecule has 0 bridgehead atoms. The summed E-state index contributed by atoms with van der Waals surface area (Å²) in [5.41, 5.74) is 0.802. The SMILES string of the molecule is O=C(CCC1CCCCC1)NCC#Cc1ccccc1Cl. The number of benzene rings is 1. The van der Waals surface area contributed by atoms with E-state index in [1.54, 1.807) is 0 Å². The molecule has 112 valence electrons. The molecule has 1 fully saturated rings. The highest BCUT2D eigenvalue weighted by molar-refractivity contribution is 6.31. The Morgan fingerprint density at radius 2 is 2.00 bits per heavy atom. The Morgan fingerprint density at radius 3 is 2.76 bits per heavy atom. The average Bonchev–Trinajstić information content (AvgIpc) is 2.52. The molecule has 1 N–H and O–H groups in total. The lowest BCUT2D eigenvalue weighted by molar-refractivity contribution is -0.121. The third kappa shape index (κ3) is 5.81. The van der Waals surface area contributed by atoms with Crippen LogP contribution in [-0.2, 0) is 4.79 Å². The zero-order chi connectivity index (χ0) is 14.9. The highest BCUT2D eigenvalue weighted by Crippen LogP contribution is 2.27. The van der Waals surface area contributed by atoms with Crippen LogP contribution < -0.4 is 5.32 Å². The van der Waals surface area contributed by atoms with Crippen molar-refractivity contribution in [2.24, 2.45) is 5.92 Å². The van der Waals surface area contributed by atoms with Crippen molar-refractivity contribution in [3.8, 4) is 11.8 Å². The van der Waals surface area contributed by atoms with Crippen molar-refractivity contribution < 1.29 is 4.79 Å².